The number of benzene rings is 1. The molecule has 3 rings (SSSR count). The van der Waals surface area contributed by atoms with Gasteiger partial charge in [0.15, 0.2) is 0 Å². The first-order chi connectivity index (χ1) is 10.2. The van der Waals surface area contributed by atoms with E-state index >= 15 is 0 Å². The van der Waals surface area contributed by atoms with E-state index in [0.29, 0.717) is 10.9 Å². The predicted octanol–water partition coefficient (Wildman–Crippen LogP) is 2.29. The summed E-state index contributed by atoms with van der Waals surface area (Å²) in [5, 5.41) is 2.43. The van der Waals surface area contributed by atoms with Crippen molar-refractivity contribution < 1.29 is 9.53 Å². The maximum atomic E-state index is 12.4. The number of methoxy groups -OCH3 is 1. The third-order valence-electron chi connectivity index (χ3n) is 3.21. The van der Waals surface area contributed by atoms with Crippen LogP contribution in [0.2, 0.25) is 0 Å². The third kappa shape index (κ3) is 2.45. The molecule has 0 amide bonds. The number of fused-ring (bicyclic) bond motifs is 1. The van der Waals surface area contributed by atoms with E-state index in [9.17, 15) is 9.59 Å². The van der Waals surface area contributed by atoms with Crippen LogP contribution in [0.3, 0.4) is 0 Å². The van der Waals surface area contributed by atoms with Crippen molar-refractivity contribution in [2.45, 2.75) is 6.54 Å². The first-order valence-corrected chi connectivity index (χ1v) is 7.17. The van der Waals surface area contributed by atoms with Crippen molar-refractivity contribution >= 4 is 27.5 Å². The molecular formula is C15H12N2O3S. The Labute approximate surface area is 124 Å². The van der Waals surface area contributed by atoms with Gasteiger partial charge >= 0.3 is 5.97 Å². The number of ether oxygens (including phenoxy) is 1. The monoisotopic (exact) mass is 300 g/mol. The van der Waals surface area contributed by atoms with Crippen LogP contribution in [-0.2, 0) is 11.3 Å². The first kappa shape index (κ1) is 13.5. The largest absolute Gasteiger partial charge is 0.465 e. The van der Waals surface area contributed by atoms with Crippen molar-refractivity contribution in [1.29, 1.82) is 0 Å². The van der Waals surface area contributed by atoms with Crippen LogP contribution < -0.4 is 5.56 Å². The molecule has 0 atom stereocenters. The van der Waals surface area contributed by atoms with E-state index in [4.69, 9.17) is 4.74 Å². The van der Waals surface area contributed by atoms with Crippen LogP contribution in [0.5, 0.6) is 0 Å². The lowest BCUT2D eigenvalue weighted by atomic mass is 10.1. The van der Waals surface area contributed by atoms with E-state index in [2.05, 4.69) is 4.98 Å². The summed E-state index contributed by atoms with van der Waals surface area (Å²) in [5.41, 5.74) is 1.07. The number of thiophene rings is 1. The summed E-state index contributed by atoms with van der Waals surface area (Å²) in [7, 11) is 1.34. The molecule has 0 unspecified atom stereocenters. The Bertz CT molecular complexity index is 866. The number of rotatable bonds is 3. The van der Waals surface area contributed by atoms with Crippen LogP contribution in [-0.4, -0.2) is 22.6 Å². The second kappa shape index (κ2) is 5.49. The molecule has 0 saturated heterocycles. The number of nitrogens with zero attached hydrogens (tertiary/aromatic N) is 2. The first-order valence-electron chi connectivity index (χ1n) is 6.29. The van der Waals surface area contributed by atoms with Gasteiger partial charge in [0.2, 0.25) is 0 Å². The summed E-state index contributed by atoms with van der Waals surface area (Å²) in [6.45, 7) is 0.281. The van der Waals surface area contributed by atoms with Gasteiger partial charge in [-0.2, -0.15) is 0 Å². The molecule has 2 aromatic heterocycles. The van der Waals surface area contributed by atoms with Gasteiger partial charge in [-0.05, 0) is 23.1 Å². The van der Waals surface area contributed by atoms with Crippen molar-refractivity contribution in [3.63, 3.8) is 0 Å². The lowest BCUT2D eigenvalue weighted by molar-refractivity contribution is 0.0599. The van der Waals surface area contributed by atoms with Gasteiger partial charge in [-0.25, -0.2) is 9.78 Å². The maximum absolute atomic E-state index is 12.4. The Balaban J connectivity index is 2.05. The molecule has 2 heterocycles. The molecule has 21 heavy (non-hydrogen) atoms. The highest BCUT2D eigenvalue weighted by Gasteiger charge is 2.12. The minimum absolute atomic E-state index is 0.110. The van der Waals surface area contributed by atoms with Gasteiger partial charge in [0, 0.05) is 0 Å². The second-order valence-corrected chi connectivity index (χ2v) is 5.36. The number of carbonyl (C=O) groups excluding carboxylic acids is 1. The van der Waals surface area contributed by atoms with Crippen molar-refractivity contribution in [1.82, 2.24) is 9.55 Å². The molecule has 1 aromatic carbocycles. The Morgan fingerprint density at radius 3 is 2.95 bits per heavy atom. The Hall–Kier alpha value is -2.47. The van der Waals surface area contributed by atoms with Crippen molar-refractivity contribution in [2.24, 2.45) is 0 Å². The van der Waals surface area contributed by atoms with E-state index in [1.165, 1.54) is 29.3 Å². The summed E-state index contributed by atoms with van der Waals surface area (Å²) in [4.78, 5) is 29.1. The fraction of sp³-hybridized carbons (Fsp3) is 0.133. The summed E-state index contributed by atoms with van der Waals surface area (Å²) >= 11 is 1.43. The van der Waals surface area contributed by atoms with E-state index in [0.717, 1.165) is 10.4 Å². The summed E-state index contributed by atoms with van der Waals surface area (Å²) in [6.07, 6.45) is 1.51. The molecule has 6 heteroatoms. The van der Waals surface area contributed by atoms with Crippen molar-refractivity contribution in [3.8, 4) is 0 Å². The predicted molar refractivity (Wildman–Crippen MR) is 80.8 cm³/mol. The average molecular weight is 300 g/mol. The van der Waals surface area contributed by atoms with E-state index in [1.54, 1.807) is 24.3 Å². The third-order valence-corrected chi connectivity index (χ3v) is 4.03. The van der Waals surface area contributed by atoms with Crippen LogP contribution in [0.25, 0.3) is 10.2 Å². The standard InChI is InChI=1S/C15H12N2O3S/c1-20-15(19)11-5-3-2-4-10(11)8-17-9-16-13-12(14(17)18)6-7-21-13/h2-7,9H,8H2,1H3. The molecule has 0 aliphatic rings. The molecule has 0 aliphatic heterocycles. The molecule has 106 valence electrons. The number of aromatic nitrogens is 2. The Morgan fingerprint density at radius 2 is 2.14 bits per heavy atom. The zero-order chi connectivity index (χ0) is 14.8. The molecule has 0 fully saturated rings. The summed E-state index contributed by atoms with van der Waals surface area (Å²) < 4.78 is 6.26. The summed E-state index contributed by atoms with van der Waals surface area (Å²) in [5.74, 6) is -0.414. The molecular weight excluding hydrogens is 288 g/mol. The minimum Gasteiger partial charge on any atom is -0.465 e. The van der Waals surface area contributed by atoms with Gasteiger partial charge in [0.25, 0.3) is 5.56 Å². The topological polar surface area (TPSA) is 61.2 Å². The Kier molecular flexibility index (Phi) is 3.53. The molecule has 0 N–H and O–H groups in total. The molecule has 5 nitrogen and oxygen atoms in total. The number of hydrogen-bond donors (Lipinski definition) is 0. The fourth-order valence-electron chi connectivity index (χ4n) is 2.16. The normalized spacial score (nSPS) is 10.7. The maximum Gasteiger partial charge on any atom is 0.338 e. The van der Waals surface area contributed by atoms with Gasteiger partial charge in [0.1, 0.15) is 4.83 Å². The second-order valence-electron chi connectivity index (χ2n) is 4.47. The van der Waals surface area contributed by atoms with Gasteiger partial charge in [0.05, 0.1) is 30.9 Å². The molecule has 0 spiro atoms. The summed E-state index contributed by atoms with van der Waals surface area (Å²) in [6, 6.07) is 8.83. The SMILES string of the molecule is COC(=O)c1ccccc1Cn1cnc2sccc2c1=O. The molecule has 0 bridgehead atoms. The number of esters is 1. The Morgan fingerprint density at radius 1 is 1.33 bits per heavy atom. The van der Waals surface area contributed by atoms with Crippen LogP contribution in [0.1, 0.15) is 15.9 Å². The smallest absolute Gasteiger partial charge is 0.338 e. The fourth-order valence-corrected chi connectivity index (χ4v) is 2.88. The highest BCUT2D eigenvalue weighted by atomic mass is 32.1. The highest BCUT2D eigenvalue weighted by molar-refractivity contribution is 7.16. The van der Waals surface area contributed by atoms with Crippen molar-refractivity contribution in [3.05, 3.63) is 63.5 Å². The molecule has 0 radical (unpaired) electrons. The number of carbonyl (C=O) groups is 1. The van der Waals surface area contributed by atoms with E-state index in [1.807, 2.05) is 11.4 Å². The van der Waals surface area contributed by atoms with Gasteiger partial charge in [-0.3, -0.25) is 9.36 Å². The van der Waals surface area contributed by atoms with Gasteiger partial charge < -0.3 is 4.74 Å². The van der Waals surface area contributed by atoms with E-state index < -0.39 is 5.97 Å². The van der Waals surface area contributed by atoms with Crippen LogP contribution >= 0.6 is 11.3 Å². The quantitative estimate of drug-likeness (QED) is 0.696. The van der Waals surface area contributed by atoms with Crippen LogP contribution in [0, 0.1) is 0 Å². The van der Waals surface area contributed by atoms with Crippen LogP contribution in [0.4, 0.5) is 0 Å². The zero-order valence-corrected chi connectivity index (χ0v) is 12.1. The lowest BCUT2D eigenvalue weighted by Crippen LogP contribution is -2.21. The lowest BCUT2D eigenvalue weighted by Gasteiger charge is -2.09. The molecule has 3 aromatic rings. The van der Waals surface area contributed by atoms with Gasteiger partial charge in [-0.1, -0.05) is 18.2 Å². The average Bonchev–Trinajstić information content (AvgIpc) is 2.99. The molecule has 0 aliphatic carbocycles. The molecule has 0 saturated carbocycles. The minimum atomic E-state index is -0.414. The number of hydrogen-bond acceptors (Lipinski definition) is 5. The van der Waals surface area contributed by atoms with E-state index in [-0.39, 0.29) is 12.1 Å². The van der Waals surface area contributed by atoms with Crippen molar-refractivity contribution in [2.75, 3.05) is 7.11 Å². The highest BCUT2D eigenvalue weighted by Crippen LogP contribution is 2.15. The van der Waals surface area contributed by atoms with Gasteiger partial charge in [-0.15, -0.1) is 11.3 Å². The zero-order valence-electron chi connectivity index (χ0n) is 11.3. The van der Waals surface area contributed by atoms with Crippen LogP contribution in [0.15, 0.2) is 46.8 Å².